The molecule has 3 heterocycles. The number of carbonyl (C=O) groups is 1. The molecule has 5 rings (SSSR count). The number of hydrogen-bond acceptors (Lipinski definition) is 3. The molecule has 3 aromatic rings. The van der Waals surface area contributed by atoms with Gasteiger partial charge in [0.05, 0.1) is 37.7 Å². The Morgan fingerprint density at radius 3 is 2.82 bits per heavy atom. The molecule has 0 radical (unpaired) electrons. The van der Waals surface area contributed by atoms with E-state index < -0.39 is 0 Å². The number of amides is 1. The number of ether oxygens (including phenoxy) is 1. The highest BCUT2D eigenvalue weighted by Crippen LogP contribution is 2.31. The van der Waals surface area contributed by atoms with Crippen molar-refractivity contribution in [1.29, 1.82) is 0 Å². The minimum atomic E-state index is 0.201. The van der Waals surface area contributed by atoms with Gasteiger partial charge in [-0.15, -0.1) is 11.3 Å². The summed E-state index contributed by atoms with van der Waals surface area (Å²) in [5, 5.41) is 1.21. The third-order valence-corrected chi connectivity index (χ3v) is 7.26. The molecule has 0 atom stereocenters. The van der Waals surface area contributed by atoms with Crippen LogP contribution in [-0.2, 0) is 13.0 Å². The van der Waals surface area contributed by atoms with Crippen LogP contribution in [0, 0.1) is 6.92 Å². The molecular formula is C23H25N2O2S+. The molecule has 0 saturated carbocycles. The van der Waals surface area contributed by atoms with Gasteiger partial charge >= 0.3 is 0 Å². The van der Waals surface area contributed by atoms with Gasteiger partial charge in [-0.05, 0) is 47.7 Å². The summed E-state index contributed by atoms with van der Waals surface area (Å²) in [5.74, 6) is 1.25. The fourth-order valence-electron chi connectivity index (χ4n) is 4.36. The van der Waals surface area contributed by atoms with Crippen molar-refractivity contribution in [2.24, 2.45) is 0 Å². The summed E-state index contributed by atoms with van der Waals surface area (Å²) in [4.78, 5) is 17.6. The highest BCUT2D eigenvalue weighted by atomic mass is 32.1. The van der Waals surface area contributed by atoms with Crippen LogP contribution in [0.25, 0.3) is 10.1 Å². The van der Waals surface area contributed by atoms with Gasteiger partial charge in [0.1, 0.15) is 12.3 Å². The average molecular weight is 394 g/mol. The topological polar surface area (TPSA) is 34.0 Å². The van der Waals surface area contributed by atoms with Gasteiger partial charge < -0.3 is 14.5 Å². The standard InChI is InChI=1S/C23H24N2O2S/c1-16-19-4-2-3-5-21(19)28-22(16)23(26)25-11-9-24(10-12-25)15-17-6-7-20-18(14-17)8-13-27-20/h2-7,14H,8-13,15H2,1H3/p+1. The number of hydrogen-bond donors (Lipinski definition) is 1. The first-order valence-electron chi connectivity index (χ1n) is 10.0. The van der Waals surface area contributed by atoms with Gasteiger partial charge in [0.25, 0.3) is 5.91 Å². The molecule has 1 saturated heterocycles. The van der Waals surface area contributed by atoms with Crippen LogP contribution in [0.5, 0.6) is 5.75 Å². The number of piperazine rings is 1. The van der Waals surface area contributed by atoms with E-state index in [0.29, 0.717) is 0 Å². The van der Waals surface area contributed by atoms with Crippen LogP contribution >= 0.6 is 11.3 Å². The molecule has 1 amide bonds. The predicted octanol–water partition coefficient (Wildman–Crippen LogP) is 2.69. The van der Waals surface area contributed by atoms with Gasteiger partial charge in [-0.25, -0.2) is 0 Å². The number of nitrogens with one attached hydrogen (secondary N) is 1. The van der Waals surface area contributed by atoms with Crippen LogP contribution in [0.2, 0.25) is 0 Å². The Morgan fingerprint density at radius 1 is 1.18 bits per heavy atom. The Labute approximate surface area is 169 Å². The van der Waals surface area contributed by atoms with Gasteiger partial charge in [0.15, 0.2) is 0 Å². The van der Waals surface area contributed by atoms with Crippen molar-refractivity contribution in [2.75, 3.05) is 32.8 Å². The van der Waals surface area contributed by atoms with Crippen LogP contribution < -0.4 is 9.64 Å². The van der Waals surface area contributed by atoms with Crippen molar-refractivity contribution < 1.29 is 14.4 Å². The first kappa shape index (κ1) is 17.7. The van der Waals surface area contributed by atoms with Gasteiger partial charge in [0, 0.05) is 16.7 Å². The molecule has 4 nitrogen and oxygen atoms in total. The highest BCUT2D eigenvalue weighted by molar-refractivity contribution is 7.21. The molecule has 0 spiro atoms. The minimum Gasteiger partial charge on any atom is -0.493 e. The summed E-state index contributed by atoms with van der Waals surface area (Å²) >= 11 is 1.63. The summed E-state index contributed by atoms with van der Waals surface area (Å²) in [7, 11) is 0. The van der Waals surface area contributed by atoms with Crippen LogP contribution in [0.15, 0.2) is 42.5 Å². The van der Waals surface area contributed by atoms with Gasteiger partial charge in [0.2, 0.25) is 0 Å². The van der Waals surface area contributed by atoms with Crippen molar-refractivity contribution >= 4 is 27.3 Å². The lowest BCUT2D eigenvalue weighted by atomic mass is 10.1. The zero-order valence-electron chi connectivity index (χ0n) is 16.2. The quantitative estimate of drug-likeness (QED) is 0.742. The summed E-state index contributed by atoms with van der Waals surface area (Å²) in [6.07, 6.45) is 1.02. The monoisotopic (exact) mass is 393 g/mol. The number of benzene rings is 2. The molecule has 1 aromatic heterocycles. The number of quaternary nitrogens is 1. The number of aryl methyl sites for hydroxylation is 1. The molecule has 0 aliphatic carbocycles. The summed E-state index contributed by atoms with van der Waals surface area (Å²) in [6.45, 7) is 7.57. The molecule has 28 heavy (non-hydrogen) atoms. The van der Waals surface area contributed by atoms with Crippen LogP contribution in [0.4, 0.5) is 0 Å². The third-order valence-electron chi connectivity index (χ3n) is 6.00. The first-order chi connectivity index (χ1) is 13.7. The van der Waals surface area contributed by atoms with Crippen LogP contribution in [-0.4, -0.2) is 43.6 Å². The smallest absolute Gasteiger partial charge is 0.264 e. The zero-order valence-corrected chi connectivity index (χ0v) is 17.0. The summed E-state index contributed by atoms with van der Waals surface area (Å²) in [6, 6.07) is 14.9. The maximum Gasteiger partial charge on any atom is 0.264 e. The van der Waals surface area contributed by atoms with Crippen molar-refractivity contribution in [2.45, 2.75) is 19.9 Å². The van der Waals surface area contributed by atoms with E-state index in [-0.39, 0.29) is 5.91 Å². The molecule has 1 fully saturated rings. The first-order valence-corrected chi connectivity index (χ1v) is 10.9. The molecule has 2 aliphatic rings. The van der Waals surface area contributed by atoms with E-state index >= 15 is 0 Å². The van der Waals surface area contributed by atoms with Crippen LogP contribution in [0.1, 0.15) is 26.4 Å². The summed E-state index contributed by atoms with van der Waals surface area (Å²) < 4.78 is 6.81. The van der Waals surface area contributed by atoms with Gasteiger partial charge in [-0.2, -0.15) is 0 Å². The van der Waals surface area contributed by atoms with Crippen molar-refractivity contribution in [3.05, 3.63) is 64.0 Å². The molecule has 0 bridgehead atoms. The fraction of sp³-hybridized carbons (Fsp3) is 0.348. The fourth-order valence-corrected chi connectivity index (χ4v) is 5.54. The Morgan fingerprint density at radius 2 is 2.00 bits per heavy atom. The van der Waals surface area contributed by atoms with Gasteiger partial charge in [-0.1, -0.05) is 18.2 Å². The van der Waals surface area contributed by atoms with Crippen LogP contribution in [0.3, 0.4) is 0 Å². The van der Waals surface area contributed by atoms with E-state index in [1.54, 1.807) is 16.2 Å². The van der Waals surface area contributed by atoms with E-state index in [0.717, 1.165) is 61.9 Å². The van der Waals surface area contributed by atoms with E-state index in [9.17, 15) is 4.79 Å². The minimum absolute atomic E-state index is 0.201. The molecule has 1 N–H and O–H groups in total. The SMILES string of the molecule is Cc1c(C(=O)N2CC[NH+](Cc3ccc4c(c3)CCO4)CC2)sc2ccccc12. The van der Waals surface area contributed by atoms with E-state index in [1.807, 2.05) is 17.0 Å². The summed E-state index contributed by atoms with van der Waals surface area (Å²) in [5.41, 5.74) is 3.84. The highest BCUT2D eigenvalue weighted by Gasteiger charge is 2.27. The van der Waals surface area contributed by atoms with E-state index in [2.05, 4.69) is 37.3 Å². The maximum atomic E-state index is 13.1. The second kappa shape index (κ2) is 7.22. The molecule has 5 heteroatoms. The second-order valence-corrected chi connectivity index (χ2v) is 8.86. The van der Waals surface area contributed by atoms with Crippen molar-refractivity contribution in [3.8, 4) is 5.75 Å². The third kappa shape index (κ3) is 3.19. The average Bonchev–Trinajstić information content (AvgIpc) is 3.32. The zero-order chi connectivity index (χ0) is 19.1. The number of carbonyl (C=O) groups excluding carboxylic acids is 1. The lowest BCUT2D eigenvalue weighted by Crippen LogP contribution is -3.13. The largest absolute Gasteiger partial charge is 0.493 e. The Hall–Kier alpha value is -2.37. The molecule has 2 aromatic carbocycles. The molecular weight excluding hydrogens is 368 g/mol. The Bertz CT molecular complexity index is 1030. The number of rotatable bonds is 3. The number of fused-ring (bicyclic) bond motifs is 2. The predicted molar refractivity (Wildman–Crippen MR) is 113 cm³/mol. The maximum absolute atomic E-state index is 13.1. The lowest BCUT2D eigenvalue weighted by Gasteiger charge is -2.32. The molecule has 0 unspecified atom stereocenters. The lowest BCUT2D eigenvalue weighted by molar-refractivity contribution is -0.917. The molecule has 144 valence electrons. The normalized spacial score (nSPS) is 17.0. The van der Waals surface area contributed by atoms with E-state index in [1.165, 1.54) is 21.2 Å². The Balaban J connectivity index is 1.24. The Kier molecular flexibility index (Phi) is 4.57. The molecule has 2 aliphatic heterocycles. The van der Waals surface area contributed by atoms with Crippen molar-refractivity contribution in [1.82, 2.24) is 4.90 Å². The second-order valence-electron chi connectivity index (χ2n) is 7.81. The van der Waals surface area contributed by atoms with Crippen molar-refractivity contribution in [3.63, 3.8) is 0 Å². The number of nitrogens with zero attached hydrogens (tertiary/aromatic N) is 1. The number of thiophene rings is 1. The van der Waals surface area contributed by atoms with E-state index in [4.69, 9.17) is 4.74 Å². The van der Waals surface area contributed by atoms with Gasteiger partial charge in [-0.3, -0.25) is 4.79 Å².